The summed E-state index contributed by atoms with van der Waals surface area (Å²) in [4.78, 5) is 22.3. The quantitative estimate of drug-likeness (QED) is 0.718. The fourth-order valence-corrected chi connectivity index (χ4v) is 2.39. The van der Waals surface area contributed by atoms with Gasteiger partial charge in [0.15, 0.2) is 10.4 Å². The molecule has 1 aromatic rings. The number of nitrogens with one attached hydrogen (secondary N) is 1. The van der Waals surface area contributed by atoms with Crippen molar-refractivity contribution in [2.45, 2.75) is 39.0 Å². The fraction of sp³-hybridized carbons (Fsp3) is 0.571. The van der Waals surface area contributed by atoms with Crippen molar-refractivity contribution in [2.24, 2.45) is 5.92 Å². The zero-order chi connectivity index (χ0) is 15.0. The van der Waals surface area contributed by atoms with E-state index < -0.39 is 5.97 Å². The van der Waals surface area contributed by atoms with Crippen molar-refractivity contribution in [1.82, 2.24) is 5.32 Å². The summed E-state index contributed by atoms with van der Waals surface area (Å²) < 4.78 is 5.68. The van der Waals surface area contributed by atoms with Gasteiger partial charge >= 0.3 is 5.97 Å². The molecule has 20 heavy (non-hydrogen) atoms. The molecule has 0 aliphatic carbocycles. The standard InChI is InChI=1S/C14H20BrNO4/c1-2-3-10(4-7-13(17)18)8-9-16-14(19)11-5-6-12(15)20-11/h5-6,10H,2-4,7-9H2,1H3,(H,16,19)(H,17,18). The zero-order valence-corrected chi connectivity index (χ0v) is 13.1. The topological polar surface area (TPSA) is 79.5 Å². The number of carboxylic acids is 1. The molecular formula is C14H20BrNO4. The number of halogens is 1. The summed E-state index contributed by atoms with van der Waals surface area (Å²) in [5.74, 6) is -0.408. The molecule has 1 aromatic heterocycles. The third-order valence-electron chi connectivity index (χ3n) is 3.10. The van der Waals surface area contributed by atoms with Crippen LogP contribution in [0.25, 0.3) is 0 Å². The molecule has 0 aromatic carbocycles. The number of hydrogen-bond donors (Lipinski definition) is 2. The Morgan fingerprint density at radius 1 is 1.35 bits per heavy atom. The zero-order valence-electron chi connectivity index (χ0n) is 11.5. The summed E-state index contributed by atoms with van der Waals surface area (Å²) in [6.45, 7) is 2.61. The van der Waals surface area contributed by atoms with E-state index in [4.69, 9.17) is 9.52 Å². The Hall–Kier alpha value is -1.30. The van der Waals surface area contributed by atoms with Gasteiger partial charge in [0, 0.05) is 13.0 Å². The third kappa shape index (κ3) is 6.23. The van der Waals surface area contributed by atoms with E-state index in [2.05, 4.69) is 28.2 Å². The molecule has 0 radical (unpaired) electrons. The number of carbonyl (C=O) groups is 2. The fourth-order valence-electron chi connectivity index (χ4n) is 2.08. The minimum absolute atomic E-state index is 0.184. The van der Waals surface area contributed by atoms with Crippen molar-refractivity contribution in [1.29, 1.82) is 0 Å². The van der Waals surface area contributed by atoms with E-state index in [1.165, 1.54) is 0 Å². The second-order valence-corrected chi connectivity index (χ2v) is 5.52. The summed E-state index contributed by atoms with van der Waals surface area (Å²) in [5, 5.41) is 11.5. The average Bonchev–Trinajstić information content (AvgIpc) is 2.82. The highest BCUT2D eigenvalue weighted by atomic mass is 79.9. The van der Waals surface area contributed by atoms with Crippen LogP contribution in [0.1, 0.15) is 49.6 Å². The molecule has 2 N–H and O–H groups in total. The molecule has 0 saturated heterocycles. The highest BCUT2D eigenvalue weighted by molar-refractivity contribution is 9.10. The van der Waals surface area contributed by atoms with Gasteiger partial charge in [0.1, 0.15) is 0 Å². The molecule has 112 valence electrons. The molecule has 0 aliphatic heterocycles. The Morgan fingerprint density at radius 3 is 2.65 bits per heavy atom. The van der Waals surface area contributed by atoms with Gasteiger partial charge in [-0.05, 0) is 46.8 Å². The molecule has 0 spiro atoms. The van der Waals surface area contributed by atoms with E-state index in [1.807, 2.05) is 0 Å². The van der Waals surface area contributed by atoms with E-state index in [-0.39, 0.29) is 18.1 Å². The lowest BCUT2D eigenvalue weighted by Crippen LogP contribution is -2.25. The van der Waals surface area contributed by atoms with Crippen LogP contribution in [-0.2, 0) is 4.79 Å². The predicted octanol–water partition coefficient (Wildman–Crippen LogP) is 3.44. The van der Waals surface area contributed by atoms with Gasteiger partial charge in [-0.25, -0.2) is 0 Å². The van der Waals surface area contributed by atoms with Gasteiger partial charge in [-0.15, -0.1) is 0 Å². The monoisotopic (exact) mass is 345 g/mol. The van der Waals surface area contributed by atoms with E-state index in [0.29, 0.717) is 23.6 Å². The van der Waals surface area contributed by atoms with Crippen molar-refractivity contribution in [3.05, 3.63) is 22.6 Å². The van der Waals surface area contributed by atoms with Crippen molar-refractivity contribution < 1.29 is 19.1 Å². The van der Waals surface area contributed by atoms with Crippen molar-refractivity contribution in [2.75, 3.05) is 6.54 Å². The second kappa shape index (κ2) is 8.79. The van der Waals surface area contributed by atoms with Crippen LogP contribution in [0.5, 0.6) is 0 Å². The highest BCUT2D eigenvalue weighted by Crippen LogP contribution is 2.17. The first-order valence-corrected chi connectivity index (χ1v) is 7.57. The van der Waals surface area contributed by atoms with Crippen LogP contribution >= 0.6 is 15.9 Å². The number of amides is 1. The predicted molar refractivity (Wildman–Crippen MR) is 78.6 cm³/mol. The van der Waals surface area contributed by atoms with Crippen LogP contribution in [-0.4, -0.2) is 23.5 Å². The van der Waals surface area contributed by atoms with E-state index in [1.54, 1.807) is 12.1 Å². The van der Waals surface area contributed by atoms with Crippen molar-refractivity contribution in [3.63, 3.8) is 0 Å². The molecule has 0 fully saturated rings. The van der Waals surface area contributed by atoms with Crippen LogP contribution in [0.3, 0.4) is 0 Å². The van der Waals surface area contributed by atoms with E-state index >= 15 is 0 Å². The maximum Gasteiger partial charge on any atom is 0.303 e. The van der Waals surface area contributed by atoms with Crippen LogP contribution in [0.15, 0.2) is 21.2 Å². The number of hydrogen-bond acceptors (Lipinski definition) is 3. The largest absolute Gasteiger partial charge is 0.481 e. The van der Waals surface area contributed by atoms with Crippen LogP contribution in [0.2, 0.25) is 0 Å². The summed E-state index contributed by atoms with van der Waals surface area (Å²) in [6, 6.07) is 3.27. The Labute approximate surface area is 126 Å². The van der Waals surface area contributed by atoms with Crippen molar-refractivity contribution >= 4 is 27.8 Å². The molecule has 0 aliphatic rings. The lowest BCUT2D eigenvalue weighted by Gasteiger charge is -2.15. The van der Waals surface area contributed by atoms with Crippen molar-refractivity contribution in [3.8, 4) is 0 Å². The smallest absolute Gasteiger partial charge is 0.303 e. The molecule has 1 unspecified atom stereocenters. The Morgan fingerprint density at radius 2 is 2.10 bits per heavy atom. The Bertz CT molecular complexity index is 444. The lowest BCUT2D eigenvalue weighted by atomic mass is 9.94. The summed E-state index contributed by atoms with van der Waals surface area (Å²) in [5.41, 5.74) is 0. The van der Waals surface area contributed by atoms with Gasteiger partial charge in [-0.1, -0.05) is 19.8 Å². The number of carboxylic acid groups (broad SMARTS) is 1. The van der Waals surface area contributed by atoms with E-state index in [0.717, 1.165) is 19.3 Å². The molecule has 6 heteroatoms. The number of furan rings is 1. The molecule has 1 heterocycles. The van der Waals surface area contributed by atoms with Gasteiger partial charge in [0.2, 0.25) is 0 Å². The van der Waals surface area contributed by atoms with Gasteiger partial charge in [-0.3, -0.25) is 9.59 Å². The molecule has 0 saturated carbocycles. The number of rotatable bonds is 9. The SMILES string of the molecule is CCCC(CCNC(=O)c1ccc(Br)o1)CCC(=O)O. The molecule has 1 amide bonds. The minimum Gasteiger partial charge on any atom is -0.481 e. The van der Waals surface area contributed by atoms with Gasteiger partial charge < -0.3 is 14.8 Å². The molecule has 1 atom stereocenters. The van der Waals surface area contributed by atoms with Crippen LogP contribution < -0.4 is 5.32 Å². The van der Waals surface area contributed by atoms with Gasteiger partial charge in [0.05, 0.1) is 0 Å². The second-order valence-electron chi connectivity index (χ2n) is 4.74. The Kier molecular flexibility index (Phi) is 7.36. The molecular weight excluding hydrogens is 326 g/mol. The first kappa shape index (κ1) is 16.8. The maximum atomic E-state index is 11.7. The first-order valence-electron chi connectivity index (χ1n) is 6.78. The molecule has 5 nitrogen and oxygen atoms in total. The number of carbonyl (C=O) groups excluding carboxylic acids is 1. The molecule has 1 rings (SSSR count). The maximum absolute atomic E-state index is 11.7. The first-order chi connectivity index (χ1) is 9.52. The summed E-state index contributed by atoms with van der Waals surface area (Å²) in [6.07, 6.45) is 3.63. The molecule has 0 bridgehead atoms. The number of aliphatic carboxylic acids is 1. The van der Waals surface area contributed by atoms with Gasteiger partial charge in [-0.2, -0.15) is 0 Å². The normalized spacial score (nSPS) is 12.1. The minimum atomic E-state index is -0.768. The van der Waals surface area contributed by atoms with E-state index in [9.17, 15) is 9.59 Å². The van der Waals surface area contributed by atoms with Gasteiger partial charge in [0.25, 0.3) is 5.91 Å². The highest BCUT2D eigenvalue weighted by Gasteiger charge is 2.13. The Balaban J connectivity index is 2.32. The van der Waals surface area contributed by atoms with Crippen LogP contribution in [0, 0.1) is 5.92 Å². The average molecular weight is 346 g/mol. The summed E-state index contributed by atoms with van der Waals surface area (Å²) >= 11 is 3.14. The summed E-state index contributed by atoms with van der Waals surface area (Å²) in [7, 11) is 0. The van der Waals surface area contributed by atoms with Crippen LogP contribution in [0.4, 0.5) is 0 Å². The lowest BCUT2D eigenvalue weighted by molar-refractivity contribution is -0.137. The third-order valence-corrected chi connectivity index (χ3v) is 3.52.